The predicted octanol–water partition coefficient (Wildman–Crippen LogP) is 4.55. The molecule has 2 aliphatic rings. The topological polar surface area (TPSA) is 141 Å². The van der Waals surface area contributed by atoms with Crippen LogP contribution in [0.3, 0.4) is 0 Å². The average molecular weight is 713 g/mol. The SMILES string of the molecule is Cc1ccc(C(=O)[Se][C@H]2[C@@H]3O[Si](C(C)C)(C(C)C)O[Si](C(C)C)(C(C)C)OC[C@H]3O[C@H]2n2ccc(=O)n([N+](=O)[O-])c2=O)cc1. The fourth-order valence-corrected chi connectivity index (χ4v) is 20.1. The van der Waals surface area contributed by atoms with Crippen LogP contribution >= 0.6 is 0 Å². The van der Waals surface area contributed by atoms with E-state index < -0.39 is 71.6 Å². The number of hydrogen-bond donors (Lipinski definition) is 0. The van der Waals surface area contributed by atoms with E-state index in [1.54, 1.807) is 12.1 Å². The van der Waals surface area contributed by atoms with Crippen molar-refractivity contribution >= 4 is 36.8 Å². The Labute approximate surface area is 265 Å². The normalized spacial score (nSPS) is 24.8. The molecule has 4 rings (SSSR count). The molecule has 2 fully saturated rings. The van der Waals surface area contributed by atoms with Crippen LogP contribution in [0, 0.1) is 17.0 Å². The van der Waals surface area contributed by atoms with Gasteiger partial charge in [0.1, 0.15) is 0 Å². The first-order chi connectivity index (χ1) is 20.6. The van der Waals surface area contributed by atoms with Gasteiger partial charge in [-0.05, 0) is 0 Å². The third-order valence-electron chi connectivity index (χ3n) is 8.57. The van der Waals surface area contributed by atoms with E-state index in [-0.39, 0.29) is 38.1 Å². The predicted molar refractivity (Wildman–Crippen MR) is 170 cm³/mol. The van der Waals surface area contributed by atoms with Gasteiger partial charge in [0.05, 0.1) is 0 Å². The summed E-state index contributed by atoms with van der Waals surface area (Å²) >= 11 is -0.841. The summed E-state index contributed by atoms with van der Waals surface area (Å²) in [5.74, 6) is 0. The third kappa shape index (κ3) is 6.25. The molecule has 1 aromatic heterocycles. The van der Waals surface area contributed by atoms with Gasteiger partial charge in [-0.3, -0.25) is 0 Å². The molecule has 242 valence electrons. The van der Waals surface area contributed by atoms with E-state index >= 15 is 0 Å². The zero-order valence-electron chi connectivity index (χ0n) is 26.7. The van der Waals surface area contributed by atoms with E-state index in [0.717, 1.165) is 16.2 Å². The third-order valence-corrected chi connectivity index (χ3v) is 21.4. The Kier molecular flexibility index (Phi) is 10.4. The van der Waals surface area contributed by atoms with E-state index in [4.69, 9.17) is 17.7 Å². The standard InChI is InChI=1S/C29H43N3O9SeSi2/c1-17(2)43(18(3)4)38-16-23-25(40-44(41-43,19(5)6)20(7)8)26(42-28(34)22-12-10-21(9)11-13-22)27(39-23)30-15-14-24(33)31(29(30)35)32(36)37/h10-15,17-20,23,25-27H,16H2,1-9H3/t23-,25-,26+,27-/m1/s1. The molecule has 2 saturated heterocycles. The Morgan fingerprint density at radius 1 is 0.955 bits per heavy atom. The van der Waals surface area contributed by atoms with Crippen molar-refractivity contribution < 1.29 is 27.5 Å². The molecule has 0 saturated carbocycles. The molecule has 15 heteroatoms. The van der Waals surface area contributed by atoms with Gasteiger partial charge in [-0.15, -0.1) is 0 Å². The van der Waals surface area contributed by atoms with Crippen LogP contribution in [0.5, 0.6) is 0 Å². The molecule has 12 nitrogen and oxygen atoms in total. The minimum absolute atomic E-state index is 0.00772. The average Bonchev–Trinajstić information content (AvgIpc) is 3.23. The Balaban J connectivity index is 1.90. The minimum atomic E-state index is -3.12. The molecule has 0 radical (unpaired) electrons. The molecular weight excluding hydrogens is 669 g/mol. The molecule has 44 heavy (non-hydrogen) atoms. The van der Waals surface area contributed by atoms with Crippen LogP contribution in [0.25, 0.3) is 0 Å². The number of nitro groups is 1. The molecule has 0 amide bonds. The Morgan fingerprint density at radius 3 is 2.05 bits per heavy atom. The van der Waals surface area contributed by atoms with Crippen molar-refractivity contribution in [3.05, 3.63) is 78.6 Å². The van der Waals surface area contributed by atoms with Crippen LogP contribution in [0.4, 0.5) is 0 Å². The van der Waals surface area contributed by atoms with Crippen LogP contribution in [-0.4, -0.2) is 69.9 Å². The van der Waals surface area contributed by atoms with Crippen LogP contribution in [0.2, 0.25) is 27.0 Å². The molecule has 2 aromatic rings. The number of aromatic nitrogens is 2. The second-order valence-corrected chi connectivity index (χ2v) is 24.0. The number of aryl methyl sites for hydroxylation is 1. The fraction of sp³-hybridized carbons (Fsp3) is 0.621. The summed E-state index contributed by atoms with van der Waals surface area (Å²) in [5.41, 5.74) is -0.497. The molecule has 0 unspecified atom stereocenters. The first-order valence-corrected chi connectivity index (χ1v) is 20.8. The second-order valence-electron chi connectivity index (χ2n) is 12.8. The van der Waals surface area contributed by atoms with Crippen LogP contribution in [0.1, 0.15) is 77.5 Å². The van der Waals surface area contributed by atoms with Crippen molar-refractivity contribution in [3.63, 3.8) is 0 Å². The number of hydrogen-bond acceptors (Lipinski definition) is 9. The zero-order valence-corrected chi connectivity index (χ0v) is 30.4. The second kappa shape index (κ2) is 13.2. The molecule has 0 aliphatic carbocycles. The molecule has 0 N–H and O–H groups in total. The molecule has 4 atom stereocenters. The van der Waals surface area contributed by atoms with Gasteiger partial charge in [-0.25, -0.2) is 0 Å². The van der Waals surface area contributed by atoms with Gasteiger partial charge in [0, 0.05) is 0 Å². The Hall–Kier alpha value is -2.24. The Bertz CT molecular complexity index is 1480. The number of carbonyl (C=O) groups is 1. The van der Waals surface area contributed by atoms with E-state index in [1.165, 1.54) is 6.20 Å². The monoisotopic (exact) mass is 713 g/mol. The van der Waals surface area contributed by atoms with E-state index in [0.29, 0.717) is 5.56 Å². The van der Waals surface area contributed by atoms with Crippen LogP contribution in [0.15, 0.2) is 46.1 Å². The van der Waals surface area contributed by atoms with Crippen molar-refractivity contribution in [1.82, 2.24) is 9.24 Å². The molecule has 3 heterocycles. The summed E-state index contributed by atoms with van der Waals surface area (Å²) in [7, 11) is -6.03. The van der Waals surface area contributed by atoms with Gasteiger partial charge in [0.15, 0.2) is 0 Å². The van der Waals surface area contributed by atoms with Gasteiger partial charge in [0.25, 0.3) is 0 Å². The number of nitrogens with zero attached hydrogens (tertiary/aromatic N) is 3. The number of benzene rings is 1. The van der Waals surface area contributed by atoms with Gasteiger partial charge >= 0.3 is 266 Å². The van der Waals surface area contributed by atoms with Crippen LogP contribution < -0.4 is 11.2 Å². The maximum atomic E-state index is 13.8. The number of rotatable bonds is 9. The summed E-state index contributed by atoms with van der Waals surface area (Å²) in [5, 5.41) is 10.6. The van der Waals surface area contributed by atoms with Gasteiger partial charge in [-0.1, -0.05) is 0 Å². The number of carbonyl (C=O) groups excluding carboxylic acids is 1. The Morgan fingerprint density at radius 2 is 1.52 bits per heavy atom. The summed E-state index contributed by atoms with van der Waals surface area (Å²) in [6, 6.07) is 8.20. The van der Waals surface area contributed by atoms with Gasteiger partial charge in [-0.2, -0.15) is 0 Å². The molecule has 0 spiro atoms. The summed E-state index contributed by atoms with van der Waals surface area (Å²) in [4.78, 5) is 50.4. The first kappa shape index (κ1) is 34.6. The maximum absolute atomic E-state index is 13.8. The van der Waals surface area contributed by atoms with Crippen molar-refractivity contribution in [2.75, 3.05) is 6.61 Å². The van der Waals surface area contributed by atoms with Gasteiger partial charge < -0.3 is 0 Å². The molecule has 1 aromatic carbocycles. The summed E-state index contributed by atoms with van der Waals surface area (Å²) in [6.45, 7) is 18.8. The fourth-order valence-electron chi connectivity index (χ4n) is 6.18. The van der Waals surface area contributed by atoms with Crippen molar-refractivity contribution in [2.24, 2.45) is 0 Å². The van der Waals surface area contributed by atoms with Crippen molar-refractivity contribution in [1.29, 1.82) is 0 Å². The molecule has 2 aliphatic heterocycles. The first-order valence-electron chi connectivity index (χ1n) is 15.0. The molecular formula is C29H43N3O9SeSi2. The van der Waals surface area contributed by atoms with E-state index in [2.05, 4.69) is 55.4 Å². The summed E-state index contributed by atoms with van der Waals surface area (Å²) in [6.07, 6.45) is -1.29. The number of fused-ring (bicyclic) bond motifs is 1. The molecule has 0 bridgehead atoms. The van der Waals surface area contributed by atoms with Crippen molar-refractivity contribution in [3.8, 4) is 0 Å². The van der Waals surface area contributed by atoms with E-state index in [9.17, 15) is 24.5 Å². The van der Waals surface area contributed by atoms with Crippen molar-refractivity contribution in [2.45, 2.75) is 108 Å². The van der Waals surface area contributed by atoms with Crippen LogP contribution in [-0.2, 0) is 17.7 Å². The quantitative estimate of drug-likeness (QED) is 0.208. The van der Waals surface area contributed by atoms with E-state index in [1.807, 2.05) is 19.1 Å². The summed E-state index contributed by atoms with van der Waals surface area (Å²) < 4.78 is 28.8. The van der Waals surface area contributed by atoms with Gasteiger partial charge in [0.2, 0.25) is 0 Å². The zero-order chi connectivity index (χ0) is 32.7. The number of ether oxygens (including phenoxy) is 1.